The molecule has 16 heavy (non-hydrogen) atoms. The summed E-state index contributed by atoms with van der Waals surface area (Å²) in [6, 6.07) is 3.95. The fourth-order valence-electron chi connectivity index (χ4n) is 1.66. The van der Waals surface area contributed by atoms with E-state index in [4.69, 9.17) is 0 Å². The Labute approximate surface area is 93.3 Å². The molecule has 0 saturated heterocycles. The van der Waals surface area contributed by atoms with Crippen LogP contribution in [0.15, 0.2) is 18.5 Å². The molecule has 0 spiro atoms. The Morgan fingerprint density at radius 1 is 1.25 bits per heavy atom. The van der Waals surface area contributed by atoms with Gasteiger partial charge in [0.05, 0.1) is 0 Å². The number of hydrogen-bond acceptors (Lipinski definition) is 4. The summed E-state index contributed by atoms with van der Waals surface area (Å²) in [6.45, 7) is 1.97. The number of aromatic amines is 1. The van der Waals surface area contributed by atoms with Crippen LogP contribution in [0.25, 0.3) is 0 Å². The van der Waals surface area contributed by atoms with Gasteiger partial charge in [-0.3, -0.25) is 5.10 Å². The number of H-pyrrole nitrogens is 1. The van der Waals surface area contributed by atoms with E-state index in [0.717, 1.165) is 23.0 Å². The lowest BCUT2D eigenvalue weighted by Gasteiger charge is -2.02. The molecular formula is C11H13N5. The Morgan fingerprint density at radius 3 is 2.81 bits per heavy atom. The number of nitrogens with zero attached hydrogens (tertiary/aromatic N) is 3. The van der Waals surface area contributed by atoms with E-state index in [1.807, 2.05) is 19.1 Å². The molecule has 1 fully saturated rings. The van der Waals surface area contributed by atoms with Crippen molar-refractivity contribution in [1.29, 1.82) is 0 Å². The second-order valence-corrected chi connectivity index (χ2v) is 4.16. The maximum absolute atomic E-state index is 4.27. The van der Waals surface area contributed by atoms with Crippen molar-refractivity contribution in [2.45, 2.75) is 25.7 Å². The van der Waals surface area contributed by atoms with E-state index >= 15 is 0 Å². The van der Waals surface area contributed by atoms with Gasteiger partial charge in [0, 0.05) is 29.4 Å². The van der Waals surface area contributed by atoms with Crippen LogP contribution in [0.3, 0.4) is 0 Å². The monoisotopic (exact) mass is 215 g/mol. The summed E-state index contributed by atoms with van der Waals surface area (Å²) in [5, 5.41) is 10.1. The van der Waals surface area contributed by atoms with Gasteiger partial charge in [-0.15, -0.1) is 0 Å². The normalized spacial score (nSPS) is 15.1. The maximum atomic E-state index is 4.27. The number of aromatic nitrogens is 4. The number of nitrogens with one attached hydrogen (secondary N) is 2. The molecule has 2 aromatic rings. The lowest BCUT2D eigenvalue weighted by molar-refractivity contribution is 0.987. The van der Waals surface area contributed by atoms with Crippen molar-refractivity contribution in [3.63, 3.8) is 0 Å². The van der Waals surface area contributed by atoms with Crippen LogP contribution >= 0.6 is 0 Å². The smallest absolute Gasteiger partial charge is 0.153 e. The number of anilines is 2. The molecule has 3 rings (SSSR count). The second kappa shape index (κ2) is 3.59. The average molecular weight is 215 g/mol. The highest BCUT2D eigenvalue weighted by Crippen LogP contribution is 2.39. The Kier molecular flexibility index (Phi) is 2.09. The van der Waals surface area contributed by atoms with E-state index in [2.05, 4.69) is 25.5 Å². The zero-order valence-electron chi connectivity index (χ0n) is 9.07. The largest absolute Gasteiger partial charge is 0.323 e. The van der Waals surface area contributed by atoms with Crippen LogP contribution in [0.2, 0.25) is 0 Å². The standard InChI is InChI=1S/C11H13N5/c1-7-4-11(16-15-7)14-10-5-9(8-2-3-8)12-6-13-10/h4-6,8H,2-3H2,1H3,(H2,12,13,14,15,16). The van der Waals surface area contributed by atoms with Crippen LogP contribution < -0.4 is 5.32 Å². The predicted octanol–water partition coefficient (Wildman–Crippen LogP) is 2.13. The molecule has 0 atom stereocenters. The van der Waals surface area contributed by atoms with Gasteiger partial charge < -0.3 is 5.32 Å². The average Bonchev–Trinajstić information content (AvgIpc) is 3.05. The Hall–Kier alpha value is -1.91. The highest BCUT2D eigenvalue weighted by molar-refractivity contribution is 5.51. The topological polar surface area (TPSA) is 66.5 Å². The number of rotatable bonds is 3. The third-order valence-corrected chi connectivity index (χ3v) is 2.65. The molecule has 1 aliphatic rings. The first-order chi connectivity index (χ1) is 7.81. The molecule has 0 amide bonds. The molecule has 5 nitrogen and oxygen atoms in total. The fraction of sp³-hybridized carbons (Fsp3) is 0.364. The minimum absolute atomic E-state index is 0.643. The zero-order chi connectivity index (χ0) is 11.0. The molecule has 0 aliphatic heterocycles. The SMILES string of the molecule is Cc1cc(Nc2cc(C3CC3)ncn2)n[nH]1. The van der Waals surface area contributed by atoms with Gasteiger partial charge in [0.1, 0.15) is 12.1 Å². The molecule has 82 valence electrons. The van der Waals surface area contributed by atoms with E-state index < -0.39 is 0 Å². The third kappa shape index (κ3) is 1.88. The van der Waals surface area contributed by atoms with E-state index in [-0.39, 0.29) is 0 Å². The Bertz CT molecular complexity index is 501. The number of aryl methyl sites for hydroxylation is 1. The maximum Gasteiger partial charge on any atom is 0.153 e. The summed E-state index contributed by atoms with van der Waals surface area (Å²) in [5.74, 6) is 2.24. The van der Waals surface area contributed by atoms with Crippen LogP contribution in [0.5, 0.6) is 0 Å². The van der Waals surface area contributed by atoms with Gasteiger partial charge in [-0.2, -0.15) is 5.10 Å². The summed E-state index contributed by atoms with van der Waals surface area (Å²) in [7, 11) is 0. The molecule has 0 unspecified atom stereocenters. The van der Waals surface area contributed by atoms with E-state index in [9.17, 15) is 0 Å². The minimum atomic E-state index is 0.643. The van der Waals surface area contributed by atoms with E-state index in [0.29, 0.717) is 5.92 Å². The Balaban J connectivity index is 1.81. The highest BCUT2D eigenvalue weighted by atomic mass is 15.2. The molecule has 0 radical (unpaired) electrons. The molecule has 2 aromatic heterocycles. The van der Waals surface area contributed by atoms with Gasteiger partial charge in [0.15, 0.2) is 5.82 Å². The van der Waals surface area contributed by atoms with Crippen molar-refractivity contribution in [1.82, 2.24) is 20.2 Å². The number of hydrogen-bond donors (Lipinski definition) is 2. The van der Waals surface area contributed by atoms with E-state index in [1.165, 1.54) is 12.8 Å². The first kappa shape index (κ1) is 9.33. The van der Waals surface area contributed by atoms with Crippen LogP contribution in [0, 0.1) is 6.92 Å². The zero-order valence-corrected chi connectivity index (χ0v) is 9.07. The molecule has 2 N–H and O–H groups in total. The van der Waals surface area contributed by atoms with Crippen molar-refractivity contribution in [3.05, 3.63) is 29.8 Å². The fourth-order valence-corrected chi connectivity index (χ4v) is 1.66. The highest BCUT2D eigenvalue weighted by Gasteiger charge is 2.25. The van der Waals surface area contributed by atoms with Gasteiger partial charge in [-0.05, 0) is 19.8 Å². The van der Waals surface area contributed by atoms with Crippen molar-refractivity contribution in [2.24, 2.45) is 0 Å². The van der Waals surface area contributed by atoms with Gasteiger partial charge >= 0.3 is 0 Å². The van der Waals surface area contributed by atoms with Crippen LogP contribution in [-0.4, -0.2) is 20.2 Å². The molecular weight excluding hydrogens is 202 g/mol. The predicted molar refractivity (Wildman–Crippen MR) is 60.6 cm³/mol. The van der Waals surface area contributed by atoms with Crippen LogP contribution in [0.1, 0.15) is 30.1 Å². The molecule has 0 aromatic carbocycles. The first-order valence-electron chi connectivity index (χ1n) is 5.42. The lowest BCUT2D eigenvalue weighted by atomic mass is 10.3. The van der Waals surface area contributed by atoms with E-state index in [1.54, 1.807) is 6.33 Å². The third-order valence-electron chi connectivity index (χ3n) is 2.65. The molecule has 1 saturated carbocycles. The molecule has 1 aliphatic carbocycles. The second-order valence-electron chi connectivity index (χ2n) is 4.16. The quantitative estimate of drug-likeness (QED) is 0.823. The van der Waals surface area contributed by atoms with Crippen LogP contribution in [0.4, 0.5) is 11.6 Å². The molecule has 5 heteroatoms. The van der Waals surface area contributed by atoms with Crippen molar-refractivity contribution in [2.75, 3.05) is 5.32 Å². The van der Waals surface area contributed by atoms with Gasteiger partial charge in [-0.25, -0.2) is 9.97 Å². The summed E-state index contributed by atoms with van der Waals surface area (Å²) in [6.07, 6.45) is 4.10. The summed E-state index contributed by atoms with van der Waals surface area (Å²) < 4.78 is 0. The van der Waals surface area contributed by atoms with Crippen molar-refractivity contribution >= 4 is 11.6 Å². The van der Waals surface area contributed by atoms with Crippen molar-refractivity contribution in [3.8, 4) is 0 Å². The first-order valence-corrected chi connectivity index (χ1v) is 5.42. The Morgan fingerprint density at radius 2 is 2.12 bits per heavy atom. The van der Waals surface area contributed by atoms with Crippen LogP contribution in [-0.2, 0) is 0 Å². The van der Waals surface area contributed by atoms with Gasteiger partial charge in [-0.1, -0.05) is 0 Å². The summed E-state index contributed by atoms with van der Waals surface area (Å²) in [5.41, 5.74) is 2.16. The van der Waals surface area contributed by atoms with Crippen molar-refractivity contribution < 1.29 is 0 Å². The molecule has 2 heterocycles. The van der Waals surface area contributed by atoms with Gasteiger partial charge in [0.25, 0.3) is 0 Å². The summed E-state index contributed by atoms with van der Waals surface area (Å²) in [4.78, 5) is 8.45. The molecule has 0 bridgehead atoms. The van der Waals surface area contributed by atoms with Gasteiger partial charge in [0.2, 0.25) is 0 Å². The minimum Gasteiger partial charge on any atom is -0.323 e. The lowest BCUT2D eigenvalue weighted by Crippen LogP contribution is -1.96. The summed E-state index contributed by atoms with van der Waals surface area (Å²) >= 11 is 0.